The number of rotatable bonds is 4. The summed E-state index contributed by atoms with van der Waals surface area (Å²) in [6.45, 7) is 3.25. The Labute approximate surface area is 143 Å². The summed E-state index contributed by atoms with van der Waals surface area (Å²) in [5.41, 5.74) is 1.13. The minimum Gasteiger partial charge on any atom is -0.389 e. The van der Waals surface area contributed by atoms with Gasteiger partial charge in [0.15, 0.2) is 5.78 Å². The van der Waals surface area contributed by atoms with Crippen molar-refractivity contribution in [3.05, 3.63) is 35.4 Å². The number of aliphatic hydroxyl groups is 1. The van der Waals surface area contributed by atoms with Gasteiger partial charge < -0.3 is 10.0 Å². The highest BCUT2D eigenvalue weighted by molar-refractivity contribution is 5.98. The molecule has 130 valence electrons. The Bertz CT molecular complexity index is 594. The van der Waals surface area contributed by atoms with E-state index in [1.165, 1.54) is 0 Å². The van der Waals surface area contributed by atoms with E-state index in [0.29, 0.717) is 13.1 Å². The van der Waals surface area contributed by atoms with Gasteiger partial charge in [-0.05, 0) is 32.6 Å². The van der Waals surface area contributed by atoms with Gasteiger partial charge in [0, 0.05) is 24.6 Å². The minimum absolute atomic E-state index is 0.00586. The van der Waals surface area contributed by atoms with E-state index < -0.39 is 5.60 Å². The molecule has 0 unspecified atom stereocenters. The Kier molecular flexibility index (Phi) is 5.04. The lowest BCUT2D eigenvalue weighted by Crippen LogP contribution is -2.43. The van der Waals surface area contributed by atoms with E-state index in [9.17, 15) is 14.7 Å². The number of Topliss-reactive ketones (excluding diaryl/α,β-unsaturated/α-hetero) is 1. The zero-order chi connectivity index (χ0) is 17.2. The smallest absolute Gasteiger partial charge is 0.225 e. The lowest BCUT2D eigenvalue weighted by molar-refractivity contribution is -0.137. The topological polar surface area (TPSA) is 57.6 Å². The summed E-state index contributed by atoms with van der Waals surface area (Å²) in [7, 11) is 0. The molecule has 2 aliphatic rings. The number of amides is 1. The fraction of sp³-hybridized carbons (Fsp3) is 0.600. The molecule has 0 bridgehead atoms. The van der Waals surface area contributed by atoms with E-state index in [4.69, 9.17) is 0 Å². The third-order valence-electron chi connectivity index (χ3n) is 5.57. The molecule has 4 nitrogen and oxygen atoms in total. The van der Waals surface area contributed by atoms with Crippen molar-refractivity contribution >= 4 is 11.7 Å². The number of piperidine rings is 1. The summed E-state index contributed by atoms with van der Waals surface area (Å²) in [5, 5.41) is 10.4. The molecule has 1 aromatic rings. The Balaban J connectivity index is 1.52. The summed E-state index contributed by atoms with van der Waals surface area (Å²) in [6, 6.07) is 7.72. The third-order valence-corrected chi connectivity index (χ3v) is 5.57. The Morgan fingerprint density at radius 3 is 2.29 bits per heavy atom. The van der Waals surface area contributed by atoms with E-state index in [0.717, 1.165) is 49.7 Å². The van der Waals surface area contributed by atoms with Crippen molar-refractivity contribution in [2.75, 3.05) is 13.1 Å². The third kappa shape index (κ3) is 3.86. The van der Waals surface area contributed by atoms with Crippen molar-refractivity contribution < 1.29 is 14.7 Å². The lowest BCUT2D eigenvalue weighted by Gasteiger charge is -2.33. The monoisotopic (exact) mass is 329 g/mol. The van der Waals surface area contributed by atoms with Crippen LogP contribution in [-0.4, -0.2) is 40.4 Å². The molecule has 1 aliphatic heterocycles. The molecule has 1 aliphatic carbocycles. The number of carbonyl (C=O) groups excluding carboxylic acids is 2. The van der Waals surface area contributed by atoms with Gasteiger partial charge in [-0.25, -0.2) is 0 Å². The minimum atomic E-state index is -0.786. The van der Waals surface area contributed by atoms with Crippen molar-refractivity contribution in [1.82, 2.24) is 4.90 Å². The molecule has 24 heavy (non-hydrogen) atoms. The SMILES string of the molecule is Cc1ccc(C(=O)C2CCN(C(=O)CC3(O)CCCC3)CC2)cc1. The van der Waals surface area contributed by atoms with Gasteiger partial charge in [0.1, 0.15) is 0 Å². The highest BCUT2D eigenvalue weighted by Gasteiger charge is 2.36. The van der Waals surface area contributed by atoms with Crippen LogP contribution in [0.5, 0.6) is 0 Å². The quantitative estimate of drug-likeness (QED) is 0.864. The zero-order valence-corrected chi connectivity index (χ0v) is 14.5. The van der Waals surface area contributed by atoms with Crippen LogP contribution in [0.1, 0.15) is 60.9 Å². The summed E-state index contributed by atoms with van der Waals surface area (Å²) < 4.78 is 0. The maximum atomic E-state index is 12.6. The van der Waals surface area contributed by atoms with E-state index in [-0.39, 0.29) is 24.0 Å². The predicted octanol–water partition coefficient (Wildman–Crippen LogP) is 3.11. The average molecular weight is 329 g/mol. The molecule has 1 saturated heterocycles. The van der Waals surface area contributed by atoms with Gasteiger partial charge in [-0.3, -0.25) is 9.59 Å². The second-order valence-corrected chi connectivity index (χ2v) is 7.49. The number of ketones is 1. The van der Waals surface area contributed by atoms with Gasteiger partial charge in [0.2, 0.25) is 5.91 Å². The molecule has 1 heterocycles. The fourth-order valence-corrected chi connectivity index (χ4v) is 3.95. The molecule has 1 N–H and O–H groups in total. The zero-order valence-electron chi connectivity index (χ0n) is 14.5. The molecule has 2 fully saturated rings. The molecule has 3 rings (SSSR count). The highest BCUT2D eigenvalue weighted by atomic mass is 16.3. The molecule has 1 saturated carbocycles. The van der Waals surface area contributed by atoms with Crippen molar-refractivity contribution in [1.29, 1.82) is 0 Å². The van der Waals surface area contributed by atoms with Crippen LogP contribution in [0.2, 0.25) is 0 Å². The van der Waals surface area contributed by atoms with Crippen LogP contribution in [-0.2, 0) is 4.79 Å². The molecule has 0 atom stereocenters. The van der Waals surface area contributed by atoms with Crippen LogP contribution in [0.15, 0.2) is 24.3 Å². The summed E-state index contributed by atoms with van der Waals surface area (Å²) in [6.07, 6.45) is 5.17. The summed E-state index contributed by atoms with van der Waals surface area (Å²) in [5.74, 6) is 0.239. The second kappa shape index (κ2) is 7.06. The Hall–Kier alpha value is -1.68. The number of hydrogen-bond donors (Lipinski definition) is 1. The van der Waals surface area contributed by atoms with Crippen molar-refractivity contribution in [2.24, 2.45) is 5.92 Å². The predicted molar refractivity (Wildman–Crippen MR) is 92.8 cm³/mol. The van der Waals surface area contributed by atoms with Crippen LogP contribution >= 0.6 is 0 Å². The van der Waals surface area contributed by atoms with Crippen LogP contribution in [0.4, 0.5) is 0 Å². The van der Waals surface area contributed by atoms with Gasteiger partial charge in [0.05, 0.1) is 12.0 Å². The Morgan fingerprint density at radius 1 is 1.12 bits per heavy atom. The standard InChI is InChI=1S/C20H27NO3/c1-15-4-6-16(7-5-15)19(23)17-8-12-21(13-9-17)18(22)14-20(24)10-2-3-11-20/h4-7,17,24H,2-3,8-14H2,1H3. The van der Waals surface area contributed by atoms with Crippen molar-refractivity contribution in [3.63, 3.8) is 0 Å². The molecule has 4 heteroatoms. The lowest BCUT2D eigenvalue weighted by atomic mass is 9.88. The van der Waals surface area contributed by atoms with E-state index >= 15 is 0 Å². The van der Waals surface area contributed by atoms with Crippen LogP contribution in [0.3, 0.4) is 0 Å². The number of nitrogens with zero attached hydrogens (tertiary/aromatic N) is 1. The van der Waals surface area contributed by atoms with Gasteiger partial charge in [0.25, 0.3) is 0 Å². The molecule has 0 aromatic heterocycles. The molecular weight excluding hydrogens is 302 g/mol. The van der Waals surface area contributed by atoms with Gasteiger partial charge in [-0.2, -0.15) is 0 Å². The summed E-state index contributed by atoms with van der Waals surface area (Å²) in [4.78, 5) is 26.8. The maximum absolute atomic E-state index is 12.6. The molecule has 0 spiro atoms. The number of carbonyl (C=O) groups is 2. The Morgan fingerprint density at radius 2 is 1.71 bits per heavy atom. The number of benzene rings is 1. The van der Waals surface area contributed by atoms with Crippen molar-refractivity contribution in [2.45, 2.75) is 57.5 Å². The number of aryl methyl sites for hydroxylation is 1. The molecule has 1 amide bonds. The van der Waals surface area contributed by atoms with E-state index in [1.54, 1.807) is 0 Å². The largest absolute Gasteiger partial charge is 0.389 e. The molecule has 1 aromatic carbocycles. The van der Waals surface area contributed by atoms with Gasteiger partial charge in [-0.1, -0.05) is 42.7 Å². The first-order chi connectivity index (χ1) is 11.5. The van der Waals surface area contributed by atoms with Crippen LogP contribution < -0.4 is 0 Å². The average Bonchev–Trinajstić information content (AvgIpc) is 3.01. The first-order valence-electron chi connectivity index (χ1n) is 9.08. The summed E-state index contributed by atoms with van der Waals surface area (Å²) >= 11 is 0. The van der Waals surface area contributed by atoms with E-state index in [2.05, 4.69) is 0 Å². The first-order valence-corrected chi connectivity index (χ1v) is 9.08. The first kappa shape index (κ1) is 17.2. The second-order valence-electron chi connectivity index (χ2n) is 7.49. The highest BCUT2D eigenvalue weighted by Crippen LogP contribution is 2.33. The van der Waals surface area contributed by atoms with E-state index in [1.807, 2.05) is 36.1 Å². The van der Waals surface area contributed by atoms with Crippen LogP contribution in [0.25, 0.3) is 0 Å². The number of likely N-dealkylation sites (tertiary alicyclic amines) is 1. The van der Waals surface area contributed by atoms with Crippen LogP contribution in [0, 0.1) is 12.8 Å². The van der Waals surface area contributed by atoms with Gasteiger partial charge in [-0.15, -0.1) is 0 Å². The van der Waals surface area contributed by atoms with Gasteiger partial charge >= 0.3 is 0 Å². The van der Waals surface area contributed by atoms with Crippen molar-refractivity contribution in [3.8, 4) is 0 Å². The molecular formula is C20H27NO3. The number of hydrogen-bond acceptors (Lipinski definition) is 3. The maximum Gasteiger partial charge on any atom is 0.225 e. The molecule has 0 radical (unpaired) electrons. The fourth-order valence-electron chi connectivity index (χ4n) is 3.95. The normalized spacial score (nSPS) is 21.0.